The smallest absolute Gasteiger partial charge is 0.0809 e. The van der Waals surface area contributed by atoms with Crippen LogP contribution in [0.2, 0.25) is 25.1 Å². The van der Waals surface area contributed by atoms with E-state index < -0.39 is 6.85 Å². The Hall–Kier alpha value is 0.670. The van der Waals surface area contributed by atoms with E-state index >= 15 is 0 Å². The molecule has 1 aromatic rings. The van der Waals surface area contributed by atoms with Crippen LogP contribution in [0.4, 0.5) is 0 Å². The Morgan fingerprint density at radius 3 is 1.42 bits per heavy atom. The maximum atomic E-state index is 7.22. The van der Waals surface area contributed by atoms with Gasteiger partial charge in [-0.15, -0.1) is 0 Å². The molecule has 0 aliphatic carbocycles. The number of hydrogen-bond acceptors (Lipinski definition) is 0. The lowest BCUT2D eigenvalue weighted by Gasteiger charge is -2.07. The van der Waals surface area contributed by atoms with Gasteiger partial charge in [0.15, 0.2) is 0 Å². The number of rotatable bonds is 0. The summed E-state index contributed by atoms with van der Waals surface area (Å²) < 4.78 is 21.7. The zero-order chi connectivity index (χ0) is 12.0. The maximum Gasteiger partial charge on any atom is 0.0809 e. The highest BCUT2D eigenvalue weighted by molar-refractivity contribution is 6.55. The van der Waals surface area contributed by atoms with Crippen LogP contribution in [0.15, 0.2) is 0 Å². The summed E-state index contributed by atoms with van der Waals surface area (Å²) in [4.78, 5) is 0. The van der Waals surface area contributed by atoms with Crippen molar-refractivity contribution >= 4 is 58.0 Å². The van der Waals surface area contributed by atoms with E-state index in [1.807, 2.05) is 0 Å². The first-order chi connectivity index (χ1) is 6.68. The largest absolute Gasteiger partial charge is 0.0823 e. The third-order valence-electron chi connectivity index (χ3n) is 1.21. The molecule has 0 aliphatic rings. The molecule has 0 saturated carbocycles. The van der Waals surface area contributed by atoms with Crippen LogP contribution in [-0.4, -0.2) is 0 Å². The molecule has 0 aromatic heterocycles. The molecule has 0 atom stereocenters. The van der Waals surface area contributed by atoms with Crippen LogP contribution in [0.1, 0.15) is 9.68 Å². The monoisotopic (exact) mass is 265 g/mol. The van der Waals surface area contributed by atoms with Crippen molar-refractivity contribution < 1.29 is 4.11 Å². The molecule has 0 unspecified atom stereocenters. The van der Waals surface area contributed by atoms with Gasteiger partial charge in [-0.25, -0.2) is 0 Å². The highest BCUT2D eigenvalue weighted by atomic mass is 35.5. The Morgan fingerprint density at radius 1 is 0.750 bits per heavy atom. The van der Waals surface area contributed by atoms with Gasteiger partial charge in [-0.2, -0.15) is 0 Å². The van der Waals surface area contributed by atoms with E-state index in [4.69, 9.17) is 62.1 Å². The lowest BCUT2D eigenvalue weighted by atomic mass is 10.2. The third kappa shape index (κ3) is 1.64. The minimum Gasteiger partial charge on any atom is -0.0823 e. The van der Waals surface area contributed by atoms with E-state index in [0.29, 0.717) is 0 Å². The Balaban J connectivity index is 3.68. The summed E-state index contributed by atoms with van der Waals surface area (Å²) in [6.45, 7) is -2.49. The van der Waals surface area contributed by atoms with Crippen LogP contribution in [0, 0.1) is 6.85 Å². The van der Waals surface area contributed by atoms with Crippen LogP contribution in [0.5, 0.6) is 0 Å². The summed E-state index contributed by atoms with van der Waals surface area (Å²) in [6.07, 6.45) is 0. The van der Waals surface area contributed by atoms with Gasteiger partial charge in [0.25, 0.3) is 0 Å². The topological polar surface area (TPSA) is 0 Å². The molecule has 1 rings (SSSR count). The van der Waals surface area contributed by atoms with Crippen molar-refractivity contribution in [2.75, 3.05) is 0 Å². The molecule has 0 N–H and O–H groups in total. The Labute approximate surface area is 99.5 Å². The molecule has 1 aromatic carbocycles. The summed E-state index contributed by atoms with van der Waals surface area (Å²) >= 11 is 28.6. The van der Waals surface area contributed by atoms with Gasteiger partial charge >= 0.3 is 0 Å². The van der Waals surface area contributed by atoms with E-state index in [9.17, 15) is 0 Å². The van der Waals surface area contributed by atoms with E-state index in [2.05, 4.69) is 0 Å². The van der Waals surface area contributed by atoms with Crippen molar-refractivity contribution in [1.82, 2.24) is 0 Å². The molecule has 0 saturated heterocycles. The Kier molecular flexibility index (Phi) is 2.23. The molecule has 0 amide bonds. The fraction of sp³-hybridized carbons (Fsp3) is 0.143. The zero-order valence-corrected chi connectivity index (χ0v) is 9.17. The van der Waals surface area contributed by atoms with Gasteiger partial charge in [0.05, 0.1) is 25.1 Å². The predicted molar refractivity (Wildman–Crippen MR) is 56.2 cm³/mol. The van der Waals surface area contributed by atoms with Crippen LogP contribution in [0.3, 0.4) is 0 Å². The lowest BCUT2D eigenvalue weighted by Crippen LogP contribution is -1.83. The Bertz CT molecular complexity index is 383. The molecule has 12 heavy (non-hydrogen) atoms. The lowest BCUT2D eigenvalue weighted by molar-refractivity contribution is 1.47. The number of halogens is 5. The standard InChI is InChI=1S/C7H3Cl5/c1-2-3(8)5(10)7(12)6(11)4(2)9/h1H3/i1D3. The maximum absolute atomic E-state index is 7.22. The molecule has 0 bridgehead atoms. The highest BCUT2D eigenvalue weighted by Crippen LogP contribution is 2.43. The third-order valence-corrected chi connectivity index (χ3v) is 3.49. The molecule has 0 heterocycles. The van der Waals surface area contributed by atoms with Gasteiger partial charge in [-0.05, 0) is 12.4 Å². The van der Waals surface area contributed by atoms with E-state index in [-0.39, 0.29) is 30.7 Å². The van der Waals surface area contributed by atoms with Crippen molar-refractivity contribution in [3.8, 4) is 0 Å². The molecule has 0 fully saturated rings. The van der Waals surface area contributed by atoms with Gasteiger partial charge in [-0.3, -0.25) is 0 Å². The van der Waals surface area contributed by atoms with Crippen molar-refractivity contribution in [2.45, 2.75) is 6.85 Å². The fourth-order valence-corrected chi connectivity index (χ4v) is 1.74. The summed E-state index contributed by atoms with van der Waals surface area (Å²) in [5, 5.41) is -0.675. The van der Waals surface area contributed by atoms with Crippen molar-refractivity contribution in [3.63, 3.8) is 0 Å². The van der Waals surface area contributed by atoms with Crippen LogP contribution in [-0.2, 0) is 0 Å². The number of benzene rings is 1. The molecule has 0 nitrogen and oxygen atoms in total. The second kappa shape index (κ2) is 3.81. The molecular weight excluding hydrogens is 261 g/mol. The first-order valence-electron chi connectivity index (χ1n) is 4.19. The molecule has 0 radical (unpaired) electrons. The first-order valence-corrected chi connectivity index (χ1v) is 4.58. The van der Waals surface area contributed by atoms with Gasteiger partial charge in [-0.1, -0.05) is 58.0 Å². The minimum atomic E-state index is -2.49. The summed E-state index contributed by atoms with van der Waals surface area (Å²) in [7, 11) is 0. The molecule has 5 heteroatoms. The second-order valence-corrected chi connectivity index (χ2v) is 3.83. The predicted octanol–water partition coefficient (Wildman–Crippen LogP) is 5.26. The van der Waals surface area contributed by atoms with Crippen molar-refractivity contribution in [2.24, 2.45) is 0 Å². The second-order valence-electron chi connectivity index (χ2n) is 1.94. The Morgan fingerprint density at radius 2 is 1.08 bits per heavy atom. The minimum absolute atomic E-state index is 0.0543. The van der Waals surface area contributed by atoms with Gasteiger partial charge < -0.3 is 0 Å². The summed E-state index contributed by atoms with van der Waals surface area (Å²) in [5.74, 6) is 0. The molecule has 0 aliphatic heterocycles. The van der Waals surface area contributed by atoms with E-state index in [0.717, 1.165) is 0 Å². The highest BCUT2D eigenvalue weighted by Gasteiger charge is 2.15. The average Bonchev–Trinajstić information content (AvgIpc) is 2.09. The molecular formula is C7H3Cl5. The molecule has 66 valence electrons. The van der Waals surface area contributed by atoms with Gasteiger partial charge in [0.2, 0.25) is 0 Å². The van der Waals surface area contributed by atoms with Crippen LogP contribution < -0.4 is 0 Å². The fourth-order valence-electron chi connectivity index (χ4n) is 0.605. The molecule has 0 spiro atoms. The van der Waals surface area contributed by atoms with Crippen molar-refractivity contribution in [1.29, 1.82) is 0 Å². The van der Waals surface area contributed by atoms with Crippen LogP contribution >= 0.6 is 58.0 Å². The number of hydrogen-bond donors (Lipinski definition) is 0. The van der Waals surface area contributed by atoms with Crippen LogP contribution in [0.25, 0.3) is 0 Å². The van der Waals surface area contributed by atoms with Gasteiger partial charge in [0, 0.05) is 4.11 Å². The summed E-state index contributed by atoms with van der Waals surface area (Å²) in [5.41, 5.74) is -0.287. The normalized spacial score (nSPS) is 15.2. The van der Waals surface area contributed by atoms with Crippen molar-refractivity contribution in [3.05, 3.63) is 30.7 Å². The summed E-state index contributed by atoms with van der Waals surface area (Å²) in [6, 6.07) is 0. The average molecular weight is 267 g/mol. The first kappa shape index (κ1) is 7.03. The zero-order valence-electron chi connectivity index (χ0n) is 8.39. The SMILES string of the molecule is [2H]C([2H])([2H])c1c(Cl)c(Cl)c(Cl)c(Cl)c1Cl. The van der Waals surface area contributed by atoms with Gasteiger partial charge in [0.1, 0.15) is 0 Å². The van der Waals surface area contributed by atoms with E-state index in [1.54, 1.807) is 0 Å². The van der Waals surface area contributed by atoms with E-state index in [1.165, 1.54) is 0 Å². The quantitative estimate of drug-likeness (QED) is 0.444.